The largest absolute Gasteiger partial charge is 0.497 e. The molecule has 0 amide bonds. The van der Waals surface area contributed by atoms with E-state index in [-0.39, 0.29) is 11.7 Å². The summed E-state index contributed by atoms with van der Waals surface area (Å²) in [7, 11) is 1.65. The van der Waals surface area contributed by atoms with E-state index in [0.717, 1.165) is 57.0 Å². The van der Waals surface area contributed by atoms with E-state index < -0.39 is 0 Å². The molecule has 1 aromatic carbocycles. The van der Waals surface area contributed by atoms with E-state index in [1.165, 1.54) is 11.8 Å². The summed E-state index contributed by atoms with van der Waals surface area (Å²) in [4.78, 5) is 22.2. The van der Waals surface area contributed by atoms with Crippen molar-refractivity contribution in [3.63, 3.8) is 0 Å². The minimum atomic E-state index is -0.0859. The first-order valence-electron chi connectivity index (χ1n) is 10.8. The van der Waals surface area contributed by atoms with Crippen molar-refractivity contribution in [1.29, 1.82) is 0 Å². The maximum atomic E-state index is 12.6. The third kappa shape index (κ3) is 4.42. The highest BCUT2D eigenvalue weighted by Gasteiger charge is 2.22. The minimum Gasteiger partial charge on any atom is -0.497 e. The van der Waals surface area contributed by atoms with Crippen LogP contribution in [0.25, 0.3) is 21.6 Å². The molecule has 3 aromatic heterocycles. The molecule has 4 heterocycles. The quantitative estimate of drug-likeness (QED) is 0.391. The highest BCUT2D eigenvalue weighted by atomic mass is 32.2. The van der Waals surface area contributed by atoms with Gasteiger partial charge in [-0.25, -0.2) is 4.98 Å². The third-order valence-corrected chi connectivity index (χ3v) is 7.98. The SMILES string of the molecule is COc1ccc(-c2nnc(SCc3nc4sc(C)c(C)c4c(=O)[nH]3)n2C[C@@H]2CCCO2)cc1. The number of H-pyrrole nitrogens is 1. The fourth-order valence-electron chi connectivity index (χ4n) is 4.01. The monoisotopic (exact) mass is 483 g/mol. The number of aromatic amines is 1. The van der Waals surface area contributed by atoms with Crippen molar-refractivity contribution in [1.82, 2.24) is 24.7 Å². The van der Waals surface area contributed by atoms with Gasteiger partial charge >= 0.3 is 0 Å². The summed E-state index contributed by atoms with van der Waals surface area (Å²) in [6.07, 6.45) is 2.23. The van der Waals surface area contributed by atoms with Crippen molar-refractivity contribution in [2.45, 2.75) is 50.2 Å². The van der Waals surface area contributed by atoms with E-state index >= 15 is 0 Å². The van der Waals surface area contributed by atoms with Gasteiger partial charge in [0.25, 0.3) is 5.56 Å². The van der Waals surface area contributed by atoms with Crippen LogP contribution in [0.4, 0.5) is 0 Å². The molecule has 1 fully saturated rings. The molecule has 8 nitrogen and oxygen atoms in total. The Morgan fingerprint density at radius 2 is 2.09 bits per heavy atom. The fraction of sp³-hybridized carbons (Fsp3) is 0.391. The van der Waals surface area contributed by atoms with Crippen LogP contribution in [0.1, 0.15) is 29.1 Å². The third-order valence-electron chi connectivity index (χ3n) is 5.90. The van der Waals surface area contributed by atoms with E-state index in [9.17, 15) is 4.79 Å². The lowest BCUT2D eigenvalue weighted by Gasteiger charge is -2.15. The lowest BCUT2D eigenvalue weighted by atomic mass is 10.2. The molecule has 0 spiro atoms. The molecule has 1 N–H and O–H groups in total. The van der Waals surface area contributed by atoms with Crippen molar-refractivity contribution < 1.29 is 9.47 Å². The molecule has 0 radical (unpaired) electrons. The van der Waals surface area contributed by atoms with Crippen LogP contribution in [0.3, 0.4) is 0 Å². The van der Waals surface area contributed by atoms with Crippen LogP contribution in [-0.4, -0.2) is 44.6 Å². The molecular weight excluding hydrogens is 458 g/mol. The molecule has 0 aliphatic carbocycles. The average Bonchev–Trinajstić information content (AvgIpc) is 3.53. The van der Waals surface area contributed by atoms with Gasteiger partial charge in [0.2, 0.25) is 0 Å². The lowest BCUT2D eigenvalue weighted by molar-refractivity contribution is 0.0953. The minimum absolute atomic E-state index is 0.0859. The number of methoxy groups -OCH3 is 1. The van der Waals surface area contributed by atoms with Gasteiger partial charge < -0.3 is 14.5 Å². The van der Waals surface area contributed by atoms with Crippen LogP contribution < -0.4 is 10.3 Å². The number of hydrogen-bond acceptors (Lipinski definition) is 8. The Balaban J connectivity index is 1.44. The number of thioether (sulfide) groups is 1. The van der Waals surface area contributed by atoms with Crippen molar-refractivity contribution in [3.05, 3.63) is 50.9 Å². The molecule has 10 heteroatoms. The number of rotatable bonds is 7. The molecular formula is C23H25N5O3S2. The van der Waals surface area contributed by atoms with Crippen LogP contribution in [0.2, 0.25) is 0 Å². The second-order valence-corrected chi connectivity index (χ2v) is 10.2. The van der Waals surface area contributed by atoms with Crippen LogP contribution in [0.5, 0.6) is 5.75 Å². The first-order valence-corrected chi connectivity index (χ1v) is 12.6. The number of ether oxygens (including phenoxy) is 2. The molecule has 0 saturated carbocycles. The first-order chi connectivity index (χ1) is 16.0. The molecule has 4 aromatic rings. The number of benzene rings is 1. The number of thiophene rings is 1. The lowest BCUT2D eigenvalue weighted by Crippen LogP contribution is -2.17. The van der Waals surface area contributed by atoms with Crippen LogP contribution in [0, 0.1) is 13.8 Å². The van der Waals surface area contributed by atoms with E-state index in [0.29, 0.717) is 23.5 Å². The predicted octanol–water partition coefficient (Wildman–Crippen LogP) is 4.34. The van der Waals surface area contributed by atoms with Crippen LogP contribution in [-0.2, 0) is 17.0 Å². The van der Waals surface area contributed by atoms with Crippen molar-refractivity contribution in [3.8, 4) is 17.1 Å². The summed E-state index contributed by atoms with van der Waals surface area (Å²) >= 11 is 3.07. The molecule has 0 unspecified atom stereocenters. The molecule has 0 bridgehead atoms. The Kier molecular flexibility index (Phi) is 6.22. The standard InChI is InChI=1S/C23H25N5O3S2/c1-13-14(2)33-22-19(13)21(29)24-18(25-22)12-32-23-27-26-20(15-6-8-16(30-3)9-7-15)28(23)11-17-5-4-10-31-17/h6-9,17H,4-5,10-12H2,1-3H3,(H,24,25,29)/t17-/m0/s1. The highest BCUT2D eigenvalue weighted by molar-refractivity contribution is 7.98. The number of nitrogens with one attached hydrogen (secondary N) is 1. The first kappa shape index (κ1) is 22.1. The fourth-order valence-corrected chi connectivity index (χ4v) is 5.87. The molecule has 5 rings (SSSR count). The van der Waals surface area contributed by atoms with Gasteiger partial charge in [-0.1, -0.05) is 11.8 Å². The second-order valence-electron chi connectivity index (χ2n) is 8.05. The Hall–Kier alpha value is -2.69. The smallest absolute Gasteiger partial charge is 0.259 e. The topological polar surface area (TPSA) is 94.9 Å². The highest BCUT2D eigenvalue weighted by Crippen LogP contribution is 2.30. The Morgan fingerprint density at radius 3 is 2.82 bits per heavy atom. The number of fused-ring (bicyclic) bond motifs is 1. The maximum absolute atomic E-state index is 12.6. The van der Waals surface area contributed by atoms with E-state index in [2.05, 4.69) is 19.7 Å². The van der Waals surface area contributed by atoms with Gasteiger partial charge in [0, 0.05) is 17.0 Å². The molecule has 1 atom stereocenters. The van der Waals surface area contributed by atoms with Crippen molar-refractivity contribution in [2.75, 3.05) is 13.7 Å². The van der Waals surface area contributed by atoms with Gasteiger partial charge in [-0.05, 0) is 56.5 Å². The average molecular weight is 484 g/mol. The van der Waals surface area contributed by atoms with Crippen LogP contribution in [0.15, 0.2) is 34.2 Å². The zero-order chi connectivity index (χ0) is 22.9. The zero-order valence-corrected chi connectivity index (χ0v) is 20.4. The van der Waals surface area contributed by atoms with Gasteiger partial charge in [-0.15, -0.1) is 21.5 Å². The molecule has 1 aliphatic rings. The summed E-state index contributed by atoms with van der Waals surface area (Å²) in [5.74, 6) is 2.71. The summed E-state index contributed by atoms with van der Waals surface area (Å²) in [6.45, 7) is 5.46. The summed E-state index contributed by atoms with van der Waals surface area (Å²) in [5, 5.41) is 10.4. The summed E-state index contributed by atoms with van der Waals surface area (Å²) in [6, 6.07) is 7.81. The van der Waals surface area contributed by atoms with Crippen molar-refractivity contribution >= 4 is 33.3 Å². The Bertz CT molecular complexity index is 1340. The molecule has 172 valence electrons. The van der Waals surface area contributed by atoms with E-state index in [4.69, 9.17) is 14.5 Å². The second kappa shape index (κ2) is 9.28. The van der Waals surface area contributed by atoms with E-state index in [1.54, 1.807) is 18.4 Å². The van der Waals surface area contributed by atoms with Gasteiger partial charge in [-0.3, -0.25) is 9.36 Å². The summed E-state index contributed by atoms with van der Waals surface area (Å²) < 4.78 is 13.3. The molecule has 1 saturated heterocycles. The van der Waals surface area contributed by atoms with Crippen LogP contribution >= 0.6 is 23.1 Å². The van der Waals surface area contributed by atoms with Gasteiger partial charge in [0.05, 0.1) is 30.9 Å². The summed E-state index contributed by atoms with van der Waals surface area (Å²) in [5.41, 5.74) is 1.88. The maximum Gasteiger partial charge on any atom is 0.259 e. The number of aryl methyl sites for hydroxylation is 2. The normalized spacial score (nSPS) is 16.0. The molecule has 1 aliphatic heterocycles. The van der Waals surface area contributed by atoms with Gasteiger partial charge in [0.15, 0.2) is 11.0 Å². The molecule has 33 heavy (non-hydrogen) atoms. The number of nitrogens with zero attached hydrogens (tertiary/aromatic N) is 4. The van der Waals surface area contributed by atoms with Gasteiger partial charge in [0.1, 0.15) is 16.4 Å². The number of hydrogen-bond donors (Lipinski definition) is 1. The Labute approximate surface area is 199 Å². The van der Waals surface area contributed by atoms with E-state index in [1.807, 2.05) is 38.1 Å². The zero-order valence-electron chi connectivity index (χ0n) is 18.8. The predicted molar refractivity (Wildman–Crippen MR) is 130 cm³/mol. The van der Waals surface area contributed by atoms with Crippen molar-refractivity contribution in [2.24, 2.45) is 0 Å². The number of aromatic nitrogens is 5. The Morgan fingerprint density at radius 1 is 1.27 bits per heavy atom. The van der Waals surface area contributed by atoms with Gasteiger partial charge in [-0.2, -0.15) is 0 Å².